The fourth-order valence-corrected chi connectivity index (χ4v) is 7.06. The van der Waals surface area contributed by atoms with Gasteiger partial charge in [0.05, 0.1) is 22.1 Å². The maximum Gasteiger partial charge on any atom is 0.162 e. The van der Waals surface area contributed by atoms with Gasteiger partial charge in [-0.3, -0.25) is 9.13 Å². The summed E-state index contributed by atoms with van der Waals surface area (Å²) < 4.78 is 17.1. The number of aromatic hydroxyl groups is 2. The molecule has 0 saturated heterocycles. The molecule has 0 atom stereocenters. The van der Waals surface area contributed by atoms with Gasteiger partial charge in [0.15, 0.2) is 5.82 Å². The SMILES string of the molecule is Oc1ccnc(-n2c3ccccc3c3ccc(Oc4cc(Oc5ccc6c7ccccc7n(-c7cc(O)ccn7)c6c5)cc(-c5ncncn5)c4)cc32)c1. The minimum absolute atomic E-state index is 0.123. The highest BCUT2D eigenvalue weighted by molar-refractivity contribution is 6.10. The van der Waals surface area contributed by atoms with Crippen molar-refractivity contribution in [3.63, 3.8) is 0 Å². The molecule has 0 spiro atoms. The van der Waals surface area contributed by atoms with Crippen LogP contribution in [0.5, 0.6) is 34.5 Å². The minimum atomic E-state index is 0.123. The van der Waals surface area contributed by atoms with Crippen LogP contribution in [0.25, 0.3) is 66.6 Å². The Kier molecular flexibility index (Phi) is 7.15. The van der Waals surface area contributed by atoms with Crippen LogP contribution in [-0.4, -0.2) is 44.3 Å². The van der Waals surface area contributed by atoms with E-state index < -0.39 is 0 Å². The van der Waals surface area contributed by atoms with Crippen molar-refractivity contribution in [1.82, 2.24) is 34.1 Å². The second-order valence-corrected chi connectivity index (χ2v) is 12.7. The van der Waals surface area contributed by atoms with E-state index in [2.05, 4.69) is 37.1 Å². The van der Waals surface area contributed by atoms with Gasteiger partial charge in [-0.25, -0.2) is 24.9 Å². The maximum atomic E-state index is 10.3. The van der Waals surface area contributed by atoms with Crippen molar-refractivity contribution in [3.05, 3.63) is 152 Å². The zero-order valence-corrected chi connectivity index (χ0v) is 28.3. The minimum Gasteiger partial charge on any atom is -0.508 e. The van der Waals surface area contributed by atoms with Crippen molar-refractivity contribution in [2.45, 2.75) is 0 Å². The summed E-state index contributed by atoms with van der Waals surface area (Å²) in [5.41, 5.74) is 4.30. The molecule has 0 aliphatic rings. The molecule has 11 heteroatoms. The van der Waals surface area contributed by atoms with Crippen molar-refractivity contribution in [2.24, 2.45) is 0 Å². The summed E-state index contributed by atoms with van der Waals surface area (Å²) in [6.07, 6.45) is 6.06. The molecular formula is C43H27N7O4. The predicted molar refractivity (Wildman–Crippen MR) is 206 cm³/mol. The van der Waals surface area contributed by atoms with Crippen LogP contribution in [0.15, 0.2) is 152 Å². The van der Waals surface area contributed by atoms with Gasteiger partial charge >= 0.3 is 0 Å². The Morgan fingerprint density at radius 1 is 0.426 bits per heavy atom. The summed E-state index contributed by atoms with van der Waals surface area (Å²) in [6, 6.07) is 39.9. The molecule has 0 radical (unpaired) electrons. The van der Waals surface area contributed by atoms with E-state index in [4.69, 9.17) is 9.47 Å². The summed E-state index contributed by atoms with van der Waals surface area (Å²) >= 11 is 0. The highest BCUT2D eigenvalue weighted by Crippen LogP contribution is 2.39. The first-order valence-corrected chi connectivity index (χ1v) is 17.1. The third-order valence-corrected chi connectivity index (χ3v) is 9.31. The number of pyridine rings is 2. The molecule has 5 aromatic heterocycles. The molecule has 258 valence electrons. The number of hydrogen-bond donors (Lipinski definition) is 2. The number of aromatic nitrogens is 7. The topological polar surface area (TPSA) is 133 Å². The Balaban J connectivity index is 1.07. The van der Waals surface area contributed by atoms with Crippen molar-refractivity contribution in [1.29, 1.82) is 0 Å². The molecule has 0 fully saturated rings. The molecule has 0 bridgehead atoms. The monoisotopic (exact) mass is 705 g/mol. The lowest BCUT2D eigenvalue weighted by Crippen LogP contribution is -1.97. The zero-order chi connectivity index (χ0) is 36.2. The summed E-state index contributed by atoms with van der Waals surface area (Å²) in [4.78, 5) is 21.9. The standard InChI is InChI=1S/C43H27N7O4/c51-27-13-15-45-41(19-27)49-37-7-3-1-5-33(37)35-11-9-29(22-39(35)49)53-31-17-26(43-47-24-44-25-48-43)18-32(21-31)54-30-10-12-36-34-6-2-4-8-38(34)50(40(36)23-30)42-20-28(52)14-16-46-42/h1-25H,(H,45,51)(H,46,52). The van der Waals surface area contributed by atoms with Gasteiger partial charge in [-0.15, -0.1) is 0 Å². The van der Waals surface area contributed by atoms with E-state index in [0.717, 1.165) is 43.6 Å². The van der Waals surface area contributed by atoms with Crippen LogP contribution in [0.3, 0.4) is 0 Å². The predicted octanol–water partition coefficient (Wildman–Crippen LogP) is 9.52. The Labute approximate surface area is 306 Å². The largest absolute Gasteiger partial charge is 0.508 e. The van der Waals surface area contributed by atoms with Gasteiger partial charge in [0, 0.05) is 69.8 Å². The molecule has 0 unspecified atom stereocenters. The van der Waals surface area contributed by atoms with Crippen LogP contribution in [0, 0.1) is 0 Å². The second-order valence-electron chi connectivity index (χ2n) is 12.7. The maximum absolute atomic E-state index is 10.3. The molecule has 0 aliphatic heterocycles. The van der Waals surface area contributed by atoms with Gasteiger partial charge in [0.1, 0.15) is 58.8 Å². The number of nitrogens with zero attached hydrogens (tertiary/aromatic N) is 7. The lowest BCUT2D eigenvalue weighted by atomic mass is 10.1. The first-order valence-electron chi connectivity index (χ1n) is 17.1. The van der Waals surface area contributed by atoms with Crippen molar-refractivity contribution < 1.29 is 19.7 Å². The zero-order valence-electron chi connectivity index (χ0n) is 28.3. The van der Waals surface area contributed by atoms with E-state index in [9.17, 15) is 10.2 Å². The summed E-state index contributed by atoms with van der Waals surface area (Å²) in [5.74, 6) is 4.03. The molecule has 5 heterocycles. The number of hydrogen-bond acceptors (Lipinski definition) is 9. The molecular weight excluding hydrogens is 679 g/mol. The van der Waals surface area contributed by atoms with Gasteiger partial charge in [-0.2, -0.15) is 0 Å². The molecule has 0 saturated carbocycles. The second kappa shape index (κ2) is 12.5. The van der Waals surface area contributed by atoms with Crippen molar-refractivity contribution in [2.75, 3.05) is 0 Å². The Bertz CT molecular complexity index is 2870. The molecule has 54 heavy (non-hydrogen) atoms. The van der Waals surface area contributed by atoms with E-state index in [1.165, 1.54) is 12.7 Å². The number of ether oxygens (including phenoxy) is 2. The third kappa shape index (κ3) is 5.35. The van der Waals surface area contributed by atoms with Gasteiger partial charge in [-0.1, -0.05) is 36.4 Å². The van der Waals surface area contributed by atoms with Crippen molar-refractivity contribution in [3.8, 4) is 57.5 Å². The first-order chi connectivity index (χ1) is 26.6. The van der Waals surface area contributed by atoms with Crippen LogP contribution < -0.4 is 9.47 Å². The number of fused-ring (bicyclic) bond motifs is 6. The molecule has 2 N–H and O–H groups in total. The highest BCUT2D eigenvalue weighted by atomic mass is 16.5. The van der Waals surface area contributed by atoms with Crippen LogP contribution in [0.4, 0.5) is 0 Å². The molecule has 10 aromatic rings. The lowest BCUT2D eigenvalue weighted by molar-refractivity contribution is 0.461. The average molecular weight is 706 g/mol. The van der Waals surface area contributed by atoms with E-state index >= 15 is 0 Å². The Morgan fingerprint density at radius 2 is 0.907 bits per heavy atom. The number of rotatable bonds is 7. The summed E-state index contributed by atoms with van der Waals surface area (Å²) in [6.45, 7) is 0. The smallest absolute Gasteiger partial charge is 0.162 e. The molecule has 11 nitrogen and oxygen atoms in total. The quantitative estimate of drug-likeness (QED) is 0.166. The van der Waals surface area contributed by atoms with Gasteiger partial charge < -0.3 is 19.7 Å². The first kappa shape index (κ1) is 31.0. The van der Waals surface area contributed by atoms with Gasteiger partial charge in [0.2, 0.25) is 0 Å². The lowest BCUT2D eigenvalue weighted by Gasteiger charge is -2.13. The normalized spacial score (nSPS) is 11.5. The van der Waals surface area contributed by atoms with Crippen LogP contribution in [0.1, 0.15) is 0 Å². The van der Waals surface area contributed by atoms with Crippen LogP contribution >= 0.6 is 0 Å². The van der Waals surface area contributed by atoms with Crippen molar-refractivity contribution >= 4 is 43.6 Å². The van der Waals surface area contributed by atoms with E-state index in [1.54, 1.807) is 36.7 Å². The fraction of sp³-hybridized carbons (Fsp3) is 0. The van der Waals surface area contributed by atoms with Gasteiger partial charge in [0.25, 0.3) is 0 Å². The molecule has 10 rings (SSSR count). The number of benzene rings is 5. The summed E-state index contributed by atoms with van der Waals surface area (Å²) in [5, 5.41) is 24.7. The fourth-order valence-electron chi connectivity index (χ4n) is 7.06. The highest BCUT2D eigenvalue weighted by Gasteiger charge is 2.17. The van der Waals surface area contributed by atoms with E-state index in [-0.39, 0.29) is 11.5 Å². The third-order valence-electron chi connectivity index (χ3n) is 9.31. The van der Waals surface area contributed by atoms with E-state index in [1.807, 2.05) is 100 Å². The van der Waals surface area contributed by atoms with Crippen LogP contribution in [0.2, 0.25) is 0 Å². The molecule has 0 amide bonds. The molecule has 0 aliphatic carbocycles. The average Bonchev–Trinajstić information content (AvgIpc) is 3.70. The Hall–Kier alpha value is -7.79. The Morgan fingerprint density at radius 3 is 1.41 bits per heavy atom. The van der Waals surface area contributed by atoms with Crippen LogP contribution in [-0.2, 0) is 0 Å². The van der Waals surface area contributed by atoms with E-state index in [0.29, 0.717) is 46.0 Å². The number of para-hydroxylation sites is 2. The van der Waals surface area contributed by atoms with Gasteiger partial charge in [-0.05, 0) is 60.7 Å². The molecule has 5 aromatic carbocycles. The summed E-state index contributed by atoms with van der Waals surface area (Å²) in [7, 11) is 0.